The lowest BCUT2D eigenvalue weighted by atomic mass is 10.1. The summed E-state index contributed by atoms with van der Waals surface area (Å²) in [5, 5.41) is 14.8. The van der Waals surface area contributed by atoms with Crippen molar-refractivity contribution in [2.75, 3.05) is 16.8 Å². The average Bonchev–Trinajstić information content (AvgIpc) is 3.55. The molecule has 0 saturated carbocycles. The van der Waals surface area contributed by atoms with Crippen LogP contribution in [-0.2, 0) is 6.42 Å². The van der Waals surface area contributed by atoms with Crippen LogP contribution in [0.4, 0.5) is 17.6 Å². The lowest BCUT2D eigenvalue weighted by Gasteiger charge is -2.23. The molecule has 1 saturated heterocycles. The summed E-state index contributed by atoms with van der Waals surface area (Å²) in [6, 6.07) is 11.7. The van der Waals surface area contributed by atoms with E-state index in [2.05, 4.69) is 37.5 Å². The third kappa shape index (κ3) is 4.18. The highest BCUT2D eigenvalue weighted by Crippen LogP contribution is 2.36. The molecule has 5 heterocycles. The minimum atomic E-state index is 0.0392. The van der Waals surface area contributed by atoms with Crippen LogP contribution >= 0.6 is 0 Å². The number of nitrogens with zero attached hydrogens (tertiary/aromatic N) is 6. The predicted octanol–water partition coefficient (Wildman–Crippen LogP) is 4.60. The smallest absolute Gasteiger partial charge is 0.228 e. The Morgan fingerprint density at radius 2 is 2.09 bits per heavy atom. The van der Waals surface area contributed by atoms with Crippen LogP contribution in [0, 0.1) is 6.92 Å². The second kappa shape index (κ2) is 8.78. The van der Waals surface area contributed by atoms with Crippen molar-refractivity contribution in [1.82, 2.24) is 30.3 Å². The molecule has 0 aromatic carbocycles. The number of anilines is 3. The molecule has 164 valence electrons. The summed E-state index contributed by atoms with van der Waals surface area (Å²) in [6.07, 6.45) is 5.64. The van der Waals surface area contributed by atoms with Gasteiger partial charge in [0.2, 0.25) is 5.95 Å². The molecule has 2 N–H and O–H groups in total. The number of rotatable bonds is 7. The van der Waals surface area contributed by atoms with Crippen molar-refractivity contribution in [3.8, 4) is 11.4 Å². The van der Waals surface area contributed by atoms with Gasteiger partial charge in [0.1, 0.15) is 11.5 Å². The van der Waals surface area contributed by atoms with Gasteiger partial charge in [0.15, 0.2) is 11.6 Å². The molecule has 9 heteroatoms. The summed E-state index contributed by atoms with van der Waals surface area (Å²) in [4.78, 5) is 16.3. The Labute approximate surface area is 186 Å². The predicted molar refractivity (Wildman–Crippen MR) is 122 cm³/mol. The third-order valence-corrected chi connectivity index (χ3v) is 5.53. The van der Waals surface area contributed by atoms with E-state index in [0.29, 0.717) is 5.95 Å². The van der Waals surface area contributed by atoms with Crippen molar-refractivity contribution in [1.29, 1.82) is 0 Å². The van der Waals surface area contributed by atoms with E-state index in [0.717, 1.165) is 72.4 Å². The zero-order valence-corrected chi connectivity index (χ0v) is 18.2. The summed E-state index contributed by atoms with van der Waals surface area (Å²) in [6.45, 7) is 4.98. The summed E-state index contributed by atoms with van der Waals surface area (Å²) < 4.78 is 5.74. The van der Waals surface area contributed by atoms with Crippen LogP contribution in [0.15, 0.2) is 47.1 Å². The van der Waals surface area contributed by atoms with Crippen LogP contribution in [0.1, 0.15) is 49.4 Å². The SMILES string of the molecule is CCCc1cc(Nc2cc(C)[nH]n2)nc(N2CCCC2c2cc(-c3ccccn3)no2)n1. The molecule has 1 aliphatic heterocycles. The molecule has 0 amide bonds. The number of aryl methyl sites for hydroxylation is 2. The summed E-state index contributed by atoms with van der Waals surface area (Å²) in [5.41, 5.74) is 3.53. The van der Waals surface area contributed by atoms with Crippen molar-refractivity contribution in [3.63, 3.8) is 0 Å². The Balaban J connectivity index is 1.44. The standard InChI is InChI=1S/C23H26N8O/c1-3-7-16-13-21(26-22-12-15(2)28-29-22)27-23(25-16)31-11-6-9-19(31)20-14-18(30-32-20)17-8-4-5-10-24-17/h4-5,8,10,12-14,19H,3,6-7,9,11H2,1-2H3,(H2,25,26,27,28,29). The molecule has 0 spiro atoms. The van der Waals surface area contributed by atoms with Gasteiger partial charge in [-0.3, -0.25) is 10.1 Å². The average molecular weight is 431 g/mol. The van der Waals surface area contributed by atoms with E-state index in [-0.39, 0.29) is 6.04 Å². The first-order valence-corrected chi connectivity index (χ1v) is 11.0. The van der Waals surface area contributed by atoms with Gasteiger partial charge in [-0.2, -0.15) is 10.1 Å². The van der Waals surface area contributed by atoms with E-state index in [1.165, 1.54) is 0 Å². The first-order valence-electron chi connectivity index (χ1n) is 11.0. The van der Waals surface area contributed by atoms with Crippen LogP contribution in [0.3, 0.4) is 0 Å². The number of nitrogens with one attached hydrogen (secondary N) is 2. The molecule has 0 bridgehead atoms. The quantitative estimate of drug-likeness (QED) is 0.438. The topological polar surface area (TPSA) is 109 Å². The number of pyridine rings is 1. The molecule has 1 fully saturated rings. The first-order chi connectivity index (χ1) is 15.7. The van der Waals surface area contributed by atoms with Crippen molar-refractivity contribution in [2.45, 2.75) is 45.6 Å². The Hall–Kier alpha value is -3.75. The molecule has 32 heavy (non-hydrogen) atoms. The molecule has 1 unspecified atom stereocenters. The molecule has 4 aromatic rings. The minimum absolute atomic E-state index is 0.0392. The minimum Gasteiger partial charge on any atom is -0.358 e. The number of hydrogen-bond acceptors (Lipinski definition) is 8. The molecule has 4 aromatic heterocycles. The van der Waals surface area contributed by atoms with Crippen LogP contribution in [0.25, 0.3) is 11.4 Å². The van der Waals surface area contributed by atoms with Gasteiger partial charge in [0.05, 0.1) is 11.7 Å². The second-order valence-corrected chi connectivity index (χ2v) is 8.04. The van der Waals surface area contributed by atoms with Gasteiger partial charge in [-0.25, -0.2) is 4.98 Å². The van der Waals surface area contributed by atoms with E-state index >= 15 is 0 Å². The molecule has 0 radical (unpaired) electrons. The van der Waals surface area contributed by atoms with Crippen molar-refractivity contribution >= 4 is 17.6 Å². The van der Waals surface area contributed by atoms with Gasteiger partial charge in [0, 0.05) is 42.3 Å². The molecular weight excluding hydrogens is 404 g/mol. The van der Waals surface area contributed by atoms with Crippen LogP contribution < -0.4 is 10.2 Å². The number of aromatic amines is 1. The summed E-state index contributed by atoms with van der Waals surface area (Å²) >= 11 is 0. The second-order valence-electron chi connectivity index (χ2n) is 8.04. The highest BCUT2D eigenvalue weighted by atomic mass is 16.5. The van der Waals surface area contributed by atoms with Gasteiger partial charge in [-0.15, -0.1) is 0 Å². The lowest BCUT2D eigenvalue weighted by Crippen LogP contribution is -2.25. The monoisotopic (exact) mass is 430 g/mol. The van der Waals surface area contributed by atoms with Gasteiger partial charge in [0.25, 0.3) is 0 Å². The maximum atomic E-state index is 5.74. The van der Waals surface area contributed by atoms with E-state index in [9.17, 15) is 0 Å². The van der Waals surface area contributed by atoms with E-state index in [1.807, 2.05) is 43.3 Å². The largest absolute Gasteiger partial charge is 0.358 e. The van der Waals surface area contributed by atoms with E-state index < -0.39 is 0 Å². The maximum Gasteiger partial charge on any atom is 0.228 e. The summed E-state index contributed by atoms with van der Waals surface area (Å²) in [7, 11) is 0. The van der Waals surface area contributed by atoms with Crippen molar-refractivity contribution in [3.05, 3.63) is 59.7 Å². The Kier molecular flexibility index (Phi) is 5.53. The first kappa shape index (κ1) is 20.2. The van der Waals surface area contributed by atoms with E-state index in [1.54, 1.807) is 6.20 Å². The number of hydrogen-bond donors (Lipinski definition) is 2. The Morgan fingerprint density at radius 1 is 1.16 bits per heavy atom. The third-order valence-electron chi connectivity index (χ3n) is 5.53. The fourth-order valence-electron chi connectivity index (χ4n) is 4.06. The van der Waals surface area contributed by atoms with Gasteiger partial charge in [-0.1, -0.05) is 24.6 Å². The summed E-state index contributed by atoms with van der Waals surface area (Å²) in [5.74, 6) is 2.99. The molecule has 0 aliphatic carbocycles. The zero-order chi connectivity index (χ0) is 21.9. The van der Waals surface area contributed by atoms with E-state index in [4.69, 9.17) is 14.5 Å². The van der Waals surface area contributed by atoms with Crippen LogP contribution in [-0.4, -0.2) is 36.9 Å². The molecule has 1 atom stereocenters. The van der Waals surface area contributed by atoms with Crippen molar-refractivity contribution < 1.29 is 4.52 Å². The number of aromatic nitrogens is 6. The fourth-order valence-corrected chi connectivity index (χ4v) is 4.06. The number of H-pyrrole nitrogens is 1. The van der Waals surface area contributed by atoms with Crippen LogP contribution in [0.2, 0.25) is 0 Å². The van der Waals surface area contributed by atoms with Gasteiger partial charge >= 0.3 is 0 Å². The van der Waals surface area contributed by atoms with Crippen LogP contribution in [0.5, 0.6) is 0 Å². The Bertz CT molecular complexity index is 1190. The van der Waals surface area contributed by atoms with Gasteiger partial charge in [-0.05, 0) is 38.3 Å². The fraction of sp³-hybridized carbons (Fsp3) is 0.348. The highest BCUT2D eigenvalue weighted by molar-refractivity contribution is 5.56. The molecule has 1 aliphatic rings. The maximum absolute atomic E-state index is 5.74. The molecule has 5 rings (SSSR count). The highest BCUT2D eigenvalue weighted by Gasteiger charge is 2.32. The van der Waals surface area contributed by atoms with Crippen molar-refractivity contribution in [2.24, 2.45) is 0 Å². The zero-order valence-electron chi connectivity index (χ0n) is 18.2. The lowest BCUT2D eigenvalue weighted by molar-refractivity contribution is 0.362. The normalized spacial score (nSPS) is 15.9. The molecule has 9 nitrogen and oxygen atoms in total. The molecular formula is C23H26N8O. The van der Waals surface area contributed by atoms with Gasteiger partial charge < -0.3 is 14.7 Å². The Morgan fingerprint density at radius 3 is 2.88 bits per heavy atom.